The van der Waals surface area contributed by atoms with Gasteiger partial charge in [-0.3, -0.25) is 4.72 Å². The van der Waals surface area contributed by atoms with Crippen LogP contribution in [0.3, 0.4) is 0 Å². The molecule has 0 saturated carbocycles. The fourth-order valence-corrected chi connectivity index (χ4v) is 2.96. The van der Waals surface area contributed by atoms with E-state index in [0.29, 0.717) is 10.2 Å². The molecule has 5 nitrogen and oxygen atoms in total. The maximum absolute atomic E-state index is 12.1. The highest BCUT2D eigenvalue weighted by atomic mass is 79.9. The van der Waals surface area contributed by atoms with Gasteiger partial charge in [-0.2, -0.15) is 0 Å². The first-order valence-corrected chi connectivity index (χ1v) is 7.66. The molecule has 0 radical (unpaired) electrons. The molecule has 2 rings (SSSR count). The summed E-state index contributed by atoms with van der Waals surface area (Å²) in [6, 6.07) is 7.81. The average molecular weight is 342 g/mol. The van der Waals surface area contributed by atoms with Crippen LogP contribution < -0.4 is 10.5 Å². The Hall–Kier alpha value is -1.60. The van der Waals surface area contributed by atoms with Gasteiger partial charge in [-0.25, -0.2) is 13.4 Å². The second-order valence-corrected chi connectivity index (χ2v) is 6.55. The zero-order chi connectivity index (χ0) is 14.0. The summed E-state index contributed by atoms with van der Waals surface area (Å²) < 4.78 is 27.2. The fraction of sp³-hybridized carbons (Fsp3) is 0.0833. The van der Waals surface area contributed by atoms with E-state index in [4.69, 9.17) is 5.73 Å². The van der Waals surface area contributed by atoms with Gasteiger partial charge in [0.2, 0.25) is 0 Å². The minimum absolute atomic E-state index is 0.121. The van der Waals surface area contributed by atoms with Crippen molar-refractivity contribution in [1.29, 1.82) is 0 Å². The van der Waals surface area contributed by atoms with Gasteiger partial charge in [0, 0.05) is 16.4 Å². The molecule has 0 aliphatic carbocycles. The Labute approximate surface area is 120 Å². The SMILES string of the molecule is Cc1ccc(NS(=O)(=O)c2ccc(N)c(Br)c2)nc1. The van der Waals surface area contributed by atoms with Crippen LogP contribution in [-0.2, 0) is 10.0 Å². The summed E-state index contributed by atoms with van der Waals surface area (Å²) >= 11 is 3.20. The van der Waals surface area contributed by atoms with E-state index in [9.17, 15) is 8.42 Å². The van der Waals surface area contributed by atoms with Crippen molar-refractivity contribution < 1.29 is 8.42 Å². The van der Waals surface area contributed by atoms with Crippen LogP contribution in [0.15, 0.2) is 45.9 Å². The number of aryl methyl sites for hydroxylation is 1. The number of hydrogen-bond acceptors (Lipinski definition) is 4. The number of nitrogens with two attached hydrogens (primary N) is 1. The van der Waals surface area contributed by atoms with Crippen LogP contribution in [0.1, 0.15) is 5.56 Å². The smallest absolute Gasteiger partial charge is 0.263 e. The predicted octanol–water partition coefficient (Wildman–Crippen LogP) is 2.54. The quantitative estimate of drug-likeness (QED) is 0.840. The van der Waals surface area contributed by atoms with Gasteiger partial charge < -0.3 is 5.73 Å². The van der Waals surface area contributed by atoms with Crippen molar-refractivity contribution in [3.63, 3.8) is 0 Å². The van der Waals surface area contributed by atoms with Gasteiger partial charge in [0.25, 0.3) is 10.0 Å². The van der Waals surface area contributed by atoms with Crippen LogP contribution >= 0.6 is 15.9 Å². The Kier molecular flexibility index (Phi) is 3.77. The predicted molar refractivity (Wildman–Crippen MR) is 78.3 cm³/mol. The lowest BCUT2D eigenvalue weighted by Crippen LogP contribution is -2.14. The van der Waals surface area contributed by atoms with Crippen molar-refractivity contribution in [3.05, 3.63) is 46.6 Å². The first-order valence-electron chi connectivity index (χ1n) is 5.39. The molecule has 3 N–H and O–H groups in total. The van der Waals surface area contributed by atoms with Gasteiger partial charge in [-0.1, -0.05) is 6.07 Å². The molecule has 0 fully saturated rings. The number of sulfonamides is 1. The average Bonchev–Trinajstić information content (AvgIpc) is 2.35. The Morgan fingerprint density at radius 1 is 1.26 bits per heavy atom. The van der Waals surface area contributed by atoms with Crippen molar-refractivity contribution >= 4 is 37.5 Å². The maximum Gasteiger partial charge on any atom is 0.263 e. The number of pyridine rings is 1. The minimum Gasteiger partial charge on any atom is -0.398 e. The van der Waals surface area contributed by atoms with Crippen LogP contribution in [0.2, 0.25) is 0 Å². The number of halogens is 1. The largest absolute Gasteiger partial charge is 0.398 e. The summed E-state index contributed by atoms with van der Waals surface area (Å²) in [6.07, 6.45) is 1.59. The summed E-state index contributed by atoms with van der Waals surface area (Å²) in [5.41, 5.74) is 7.06. The van der Waals surface area contributed by atoms with E-state index in [1.54, 1.807) is 18.3 Å². The van der Waals surface area contributed by atoms with Gasteiger partial charge >= 0.3 is 0 Å². The van der Waals surface area contributed by atoms with Crippen LogP contribution in [-0.4, -0.2) is 13.4 Å². The number of hydrogen-bond donors (Lipinski definition) is 2. The van der Waals surface area contributed by atoms with E-state index in [2.05, 4.69) is 25.6 Å². The molecule has 1 heterocycles. The Balaban J connectivity index is 2.32. The number of anilines is 2. The maximum atomic E-state index is 12.1. The lowest BCUT2D eigenvalue weighted by Gasteiger charge is -2.08. The topological polar surface area (TPSA) is 85.1 Å². The highest BCUT2D eigenvalue weighted by molar-refractivity contribution is 9.10. The second kappa shape index (κ2) is 5.18. The van der Waals surface area contributed by atoms with Crippen molar-refractivity contribution in [2.24, 2.45) is 0 Å². The lowest BCUT2D eigenvalue weighted by atomic mass is 10.3. The Morgan fingerprint density at radius 3 is 2.58 bits per heavy atom. The van der Waals surface area contributed by atoms with Crippen LogP contribution in [0, 0.1) is 6.92 Å². The summed E-state index contributed by atoms with van der Waals surface area (Å²) in [5.74, 6) is 0.276. The zero-order valence-electron chi connectivity index (χ0n) is 10.1. The molecular weight excluding hydrogens is 330 g/mol. The van der Waals surface area contributed by atoms with Crippen molar-refractivity contribution in [2.75, 3.05) is 10.5 Å². The molecule has 7 heteroatoms. The molecule has 100 valence electrons. The number of nitrogens with one attached hydrogen (secondary N) is 1. The Morgan fingerprint density at radius 2 is 2.00 bits per heavy atom. The van der Waals surface area contributed by atoms with Crippen molar-refractivity contribution in [1.82, 2.24) is 4.98 Å². The van der Waals surface area contributed by atoms with E-state index in [1.165, 1.54) is 18.2 Å². The van der Waals surface area contributed by atoms with E-state index in [0.717, 1.165) is 5.56 Å². The molecule has 19 heavy (non-hydrogen) atoms. The highest BCUT2D eigenvalue weighted by Crippen LogP contribution is 2.24. The first-order chi connectivity index (χ1) is 8.88. The normalized spacial score (nSPS) is 11.3. The third kappa shape index (κ3) is 3.24. The van der Waals surface area contributed by atoms with Crippen molar-refractivity contribution in [2.45, 2.75) is 11.8 Å². The third-order valence-corrected chi connectivity index (χ3v) is 4.47. The van der Waals surface area contributed by atoms with E-state index in [1.807, 2.05) is 6.92 Å². The second-order valence-electron chi connectivity index (χ2n) is 4.01. The van der Waals surface area contributed by atoms with Crippen molar-refractivity contribution in [3.8, 4) is 0 Å². The van der Waals surface area contributed by atoms with Gasteiger partial charge in [0.15, 0.2) is 0 Å². The minimum atomic E-state index is -3.66. The molecule has 1 aromatic carbocycles. The number of nitrogen functional groups attached to an aromatic ring is 1. The molecule has 0 atom stereocenters. The molecular formula is C12H12BrN3O2S. The molecule has 0 bridgehead atoms. The molecule has 0 saturated heterocycles. The van der Waals surface area contributed by atoms with Gasteiger partial charge in [-0.15, -0.1) is 0 Å². The Bertz CT molecular complexity index is 699. The van der Waals surface area contributed by atoms with Gasteiger partial charge in [-0.05, 0) is 52.7 Å². The fourth-order valence-electron chi connectivity index (χ4n) is 1.40. The standard InChI is InChI=1S/C12H12BrN3O2S/c1-8-2-5-12(15-7-8)16-19(17,18)9-3-4-11(14)10(13)6-9/h2-7H,14H2,1H3,(H,15,16). The number of aromatic nitrogens is 1. The van der Waals surface area contributed by atoms with Gasteiger partial charge in [0.05, 0.1) is 4.90 Å². The van der Waals surface area contributed by atoms with E-state index >= 15 is 0 Å². The molecule has 0 unspecified atom stereocenters. The van der Waals surface area contributed by atoms with Gasteiger partial charge in [0.1, 0.15) is 5.82 Å². The highest BCUT2D eigenvalue weighted by Gasteiger charge is 2.15. The summed E-state index contributed by atoms with van der Waals surface area (Å²) in [7, 11) is -3.66. The molecule has 0 amide bonds. The van der Waals surface area contributed by atoms with Crippen LogP contribution in [0.25, 0.3) is 0 Å². The number of benzene rings is 1. The summed E-state index contributed by atoms with van der Waals surface area (Å²) in [5, 5.41) is 0. The van der Waals surface area contributed by atoms with E-state index < -0.39 is 10.0 Å². The molecule has 0 aliphatic heterocycles. The van der Waals surface area contributed by atoms with E-state index in [-0.39, 0.29) is 10.7 Å². The van der Waals surface area contributed by atoms with Crippen LogP contribution in [0.5, 0.6) is 0 Å². The van der Waals surface area contributed by atoms with Crippen LogP contribution in [0.4, 0.5) is 11.5 Å². The number of nitrogens with zero attached hydrogens (tertiary/aromatic N) is 1. The summed E-state index contributed by atoms with van der Waals surface area (Å²) in [6.45, 7) is 1.88. The lowest BCUT2D eigenvalue weighted by molar-refractivity contribution is 0.601. The molecule has 1 aromatic heterocycles. The molecule has 0 aliphatic rings. The number of rotatable bonds is 3. The molecule has 0 spiro atoms. The summed E-state index contributed by atoms with van der Waals surface area (Å²) in [4.78, 5) is 4.12. The monoisotopic (exact) mass is 341 g/mol. The molecule has 2 aromatic rings. The first kappa shape index (κ1) is 13.8. The zero-order valence-corrected chi connectivity index (χ0v) is 12.5. The third-order valence-electron chi connectivity index (χ3n) is 2.43.